The van der Waals surface area contributed by atoms with Crippen LogP contribution in [-0.4, -0.2) is 145 Å². The van der Waals surface area contributed by atoms with Gasteiger partial charge in [0, 0.05) is 94.7 Å². The van der Waals surface area contributed by atoms with Crippen molar-refractivity contribution >= 4 is 49.9 Å². The summed E-state index contributed by atoms with van der Waals surface area (Å²) in [6.45, 7) is 8.67. The quantitative estimate of drug-likeness (QED) is 0.318. The van der Waals surface area contributed by atoms with Crippen LogP contribution in [0.2, 0.25) is 0 Å². The second-order valence-corrected chi connectivity index (χ2v) is 17.1. The van der Waals surface area contributed by atoms with Gasteiger partial charge in [0.1, 0.15) is 17.8 Å². The minimum Gasteiger partial charge on any atom is -0.381 e. The minimum absolute atomic E-state index is 0.0245. The molecule has 5 fully saturated rings. The lowest BCUT2D eigenvalue weighted by atomic mass is 9.93. The first-order chi connectivity index (χ1) is 25.7. The fraction of sp³-hybridized carbons (Fsp3) is 0.611. The van der Waals surface area contributed by atoms with Gasteiger partial charge in [0.2, 0.25) is 11.9 Å². The number of carbonyl (C=O) groups excluding carboxylic acids is 1. The van der Waals surface area contributed by atoms with E-state index >= 15 is 0 Å². The predicted octanol–water partition coefficient (Wildman–Crippen LogP) is 2.69. The third kappa shape index (κ3) is 7.15. The van der Waals surface area contributed by atoms with Gasteiger partial charge in [-0.15, -0.1) is 5.10 Å². The van der Waals surface area contributed by atoms with Crippen LogP contribution in [0.5, 0.6) is 0 Å². The molecule has 3 aromatic rings. The summed E-state index contributed by atoms with van der Waals surface area (Å²) in [4.78, 5) is 34.7. The highest BCUT2D eigenvalue weighted by Gasteiger charge is 2.46. The lowest BCUT2D eigenvalue weighted by Crippen LogP contribution is -2.61. The number of piperidine rings is 1. The number of sulfone groups is 1. The molecule has 53 heavy (non-hydrogen) atoms. The first-order valence-corrected chi connectivity index (χ1v) is 20.3. The lowest BCUT2D eigenvalue weighted by molar-refractivity contribution is -0.126. The van der Waals surface area contributed by atoms with E-state index in [1.54, 1.807) is 23.4 Å². The molecule has 8 rings (SSSR count). The normalized spacial score (nSPS) is 27.2. The Labute approximate surface area is 308 Å². The van der Waals surface area contributed by atoms with Crippen LogP contribution in [-0.2, 0) is 24.1 Å². The maximum Gasteiger partial charge on any atom is 0.246 e. The van der Waals surface area contributed by atoms with E-state index in [1.165, 1.54) is 13.2 Å². The Balaban J connectivity index is 1.06. The number of alkyl halides is 1. The van der Waals surface area contributed by atoms with E-state index in [-0.39, 0.29) is 30.2 Å². The third-order valence-electron chi connectivity index (χ3n) is 11.6. The third-order valence-corrected chi connectivity index (χ3v) is 13.9. The number of halogens is 1. The second kappa shape index (κ2) is 15.0. The van der Waals surface area contributed by atoms with Gasteiger partial charge < -0.3 is 29.5 Å². The number of amides is 1. The fourth-order valence-electron chi connectivity index (χ4n) is 8.64. The van der Waals surface area contributed by atoms with E-state index in [0.29, 0.717) is 80.8 Å². The molecule has 0 aliphatic carbocycles. The van der Waals surface area contributed by atoms with Crippen molar-refractivity contribution < 1.29 is 27.1 Å². The van der Waals surface area contributed by atoms with Gasteiger partial charge in [-0.1, -0.05) is 6.58 Å². The molecule has 5 aliphatic heterocycles. The Morgan fingerprint density at radius 1 is 1.02 bits per heavy atom. The van der Waals surface area contributed by atoms with Gasteiger partial charge in [-0.25, -0.2) is 22.8 Å². The van der Waals surface area contributed by atoms with Crippen molar-refractivity contribution in [3.63, 3.8) is 0 Å². The highest BCUT2D eigenvalue weighted by molar-refractivity contribution is 7.92. The Hall–Kier alpha value is -4.06. The van der Waals surface area contributed by atoms with Crippen molar-refractivity contribution in [2.24, 2.45) is 5.92 Å². The number of methoxy groups -OCH3 is 1. The van der Waals surface area contributed by atoms with Crippen LogP contribution in [0, 0.1) is 5.92 Å². The number of aromatic nitrogens is 5. The number of nitrogens with one attached hydrogen (secondary N) is 1. The van der Waals surface area contributed by atoms with Crippen LogP contribution >= 0.6 is 0 Å². The molecule has 0 radical (unpaired) electrons. The fourth-order valence-corrected chi connectivity index (χ4v) is 10.6. The van der Waals surface area contributed by atoms with Crippen LogP contribution in [0.4, 0.5) is 27.8 Å². The van der Waals surface area contributed by atoms with Gasteiger partial charge in [0.25, 0.3) is 0 Å². The smallest absolute Gasteiger partial charge is 0.246 e. The van der Waals surface area contributed by atoms with Crippen molar-refractivity contribution in [1.82, 2.24) is 34.9 Å². The highest BCUT2D eigenvalue weighted by atomic mass is 32.2. The molecule has 3 aromatic heterocycles. The van der Waals surface area contributed by atoms with Gasteiger partial charge in [-0.3, -0.25) is 9.69 Å². The molecule has 17 heteroatoms. The molecular formula is C36H47FN10O5S. The molecule has 0 saturated carbocycles. The van der Waals surface area contributed by atoms with Gasteiger partial charge in [-0.05, 0) is 50.3 Å². The number of anilines is 4. The van der Waals surface area contributed by atoms with E-state index in [0.717, 1.165) is 49.7 Å². The molecule has 1 N–H and O–H groups in total. The number of carbonyl (C=O) groups is 1. The molecule has 5 aliphatic rings. The molecule has 1 amide bonds. The van der Waals surface area contributed by atoms with Crippen molar-refractivity contribution in [3.05, 3.63) is 42.9 Å². The van der Waals surface area contributed by atoms with E-state index in [9.17, 15) is 17.6 Å². The average molecular weight is 751 g/mol. The minimum atomic E-state index is -3.23. The molecular weight excluding hydrogens is 704 g/mol. The number of rotatable bonds is 9. The largest absolute Gasteiger partial charge is 0.381 e. The zero-order valence-electron chi connectivity index (χ0n) is 30.0. The average Bonchev–Trinajstić information content (AvgIpc) is 3.65. The summed E-state index contributed by atoms with van der Waals surface area (Å²) < 4.78 is 52.2. The Morgan fingerprint density at radius 2 is 1.85 bits per heavy atom. The summed E-state index contributed by atoms with van der Waals surface area (Å²) in [7, 11) is -1.70. The molecule has 4 atom stereocenters. The Bertz CT molecular complexity index is 1940. The number of likely N-dealkylation sites (tertiary alicyclic amines) is 1. The summed E-state index contributed by atoms with van der Waals surface area (Å²) in [5.74, 6) is 2.04. The van der Waals surface area contributed by atoms with Gasteiger partial charge in [0.05, 0.1) is 35.4 Å². The number of hydrogen-bond donors (Lipinski definition) is 1. The summed E-state index contributed by atoms with van der Waals surface area (Å²) >= 11 is 0. The SMILES string of the molecule is C=CC(=O)N1CCCC1c1nnc(N2CC(C3CN(C4CCOCC4)CCS3(=O)=O)C2)c2cnc(Nc3ccnc(N4CC[C@@H](OC)[C@@H](F)C4)n3)cc12. The second-order valence-electron chi connectivity index (χ2n) is 14.7. The summed E-state index contributed by atoms with van der Waals surface area (Å²) in [6, 6.07) is 3.70. The van der Waals surface area contributed by atoms with E-state index in [1.807, 2.05) is 11.0 Å². The zero-order valence-corrected chi connectivity index (χ0v) is 30.8. The van der Waals surface area contributed by atoms with Crippen molar-refractivity contribution in [2.75, 3.05) is 87.0 Å². The molecule has 8 heterocycles. The first-order valence-electron chi connectivity index (χ1n) is 18.6. The number of ether oxygens (including phenoxy) is 2. The van der Waals surface area contributed by atoms with Crippen LogP contribution in [0.15, 0.2) is 37.2 Å². The van der Waals surface area contributed by atoms with E-state index in [2.05, 4.69) is 31.7 Å². The molecule has 5 saturated heterocycles. The van der Waals surface area contributed by atoms with Gasteiger partial charge in [0.15, 0.2) is 15.7 Å². The Kier molecular flexibility index (Phi) is 10.2. The predicted molar refractivity (Wildman–Crippen MR) is 198 cm³/mol. The van der Waals surface area contributed by atoms with E-state index in [4.69, 9.17) is 24.7 Å². The molecule has 284 valence electrons. The number of hydrogen-bond acceptors (Lipinski definition) is 14. The summed E-state index contributed by atoms with van der Waals surface area (Å²) in [5.41, 5.74) is 0.666. The number of pyridine rings is 1. The van der Waals surface area contributed by atoms with Crippen LogP contribution in [0.3, 0.4) is 0 Å². The first kappa shape index (κ1) is 35.9. The Morgan fingerprint density at radius 3 is 2.62 bits per heavy atom. The molecule has 0 aromatic carbocycles. The molecule has 0 bridgehead atoms. The van der Waals surface area contributed by atoms with Gasteiger partial charge >= 0.3 is 0 Å². The van der Waals surface area contributed by atoms with Crippen LogP contribution in [0.1, 0.15) is 43.8 Å². The molecule has 2 unspecified atom stereocenters. The standard InChI is InChI=1S/C36H47FN10O5S/c1-3-33(48)47-11-4-5-28(47)34-25-17-32(40-31-6-10-38-36(41-31)45-12-7-29(51-2)27(37)21-45)39-18-26(25)35(43-42-34)46-19-23(20-46)30-22-44(13-16-53(30,49)50)24-8-14-52-15-9-24/h3,6,10,17-18,23-24,27-30H,1,4-5,7-9,11-16,19-22H2,2H3,(H,38,39,40,41)/t27-,28?,29+,30?/m0/s1. The van der Waals surface area contributed by atoms with Crippen molar-refractivity contribution in [2.45, 2.75) is 61.7 Å². The van der Waals surface area contributed by atoms with Crippen molar-refractivity contribution in [1.29, 1.82) is 0 Å². The number of nitrogens with zero attached hydrogens (tertiary/aromatic N) is 9. The van der Waals surface area contributed by atoms with Crippen LogP contribution < -0.4 is 15.1 Å². The van der Waals surface area contributed by atoms with Crippen molar-refractivity contribution in [3.8, 4) is 0 Å². The molecule has 15 nitrogen and oxygen atoms in total. The molecule has 0 spiro atoms. The topological polar surface area (TPSA) is 159 Å². The lowest BCUT2D eigenvalue weighted by Gasteiger charge is -2.48. The highest BCUT2D eigenvalue weighted by Crippen LogP contribution is 2.40. The van der Waals surface area contributed by atoms with E-state index < -0.39 is 27.4 Å². The monoisotopic (exact) mass is 750 g/mol. The summed E-state index contributed by atoms with van der Waals surface area (Å²) in [6.07, 6.45) is 7.08. The van der Waals surface area contributed by atoms with Gasteiger partial charge in [-0.2, -0.15) is 10.1 Å². The maximum absolute atomic E-state index is 14.7. The number of fused-ring (bicyclic) bond motifs is 1. The summed E-state index contributed by atoms with van der Waals surface area (Å²) in [5, 5.41) is 13.9. The maximum atomic E-state index is 14.7. The van der Waals surface area contributed by atoms with Crippen LogP contribution in [0.25, 0.3) is 10.8 Å². The zero-order chi connectivity index (χ0) is 36.7.